The van der Waals surface area contributed by atoms with E-state index in [1.807, 2.05) is 31.2 Å². The molecule has 3 aromatic rings. The monoisotopic (exact) mass is 432 g/mol. The summed E-state index contributed by atoms with van der Waals surface area (Å²) in [5, 5.41) is 0.753. The quantitative estimate of drug-likeness (QED) is 0.415. The number of hydrogen-bond donors (Lipinski definition) is 0. The fraction of sp³-hybridized carbons (Fsp3) is 0.211. The van der Waals surface area contributed by atoms with E-state index in [-0.39, 0.29) is 11.5 Å². The number of nitrogens with zero attached hydrogens (tertiary/aromatic N) is 2. The van der Waals surface area contributed by atoms with Gasteiger partial charge in [-0.15, -0.1) is 0 Å². The topological polar surface area (TPSA) is 61.3 Å². The van der Waals surface area contributed by atoms with E-state index in [1.165, 1.54) is 18.9 Å². The van der Waals surface area contributed by atoms with Gasteiger partial charge < -0.3 is 9.47 Å². The van der Waals surface area contributed by atoms with Gasteiger partial charge in [0.05, 0.1) is 46.7 Å². The lowest BCUT2D eigenvalue weighted by molar-refractivity contribution is 0.101. The largest absolute Gasteiger partial charge is 0.496 e. The van der Waals surface area contributed by atoms with E-state index in [1.54, 1.807) is 19.2 Å². The van der Waals surface area contributed by atoms with Gasteiger partial charge in [0.2, 0.25) is 0 Å². The molecule has 0 aliphatic carbocycles. The van der Waals surface area contributed by atoms with Crippen LogP contribution < -0.4 is 9.47 Å². The fourth-order valence-electron chi connectivity index (χ4n) is 2.50. The molecule has 0 aliphatic heterocycles. The van der Waals surface area contributed by atoms with Gasteiger partial charge in [0.15, 0.2) is 5.78 Å². The van der Waals surface area contributed by atoms with Crippen molar-refractivity contribution in [3.05, 3.63) is 52.1 Å². The van der Waals surface area contributed by atoms with Crippen molar-refractivity contribution in [2.75, 3.05) is 20.0 Å². The number of rotatable bonds is 6. The van der Waals surface area contributed by atoms with Gasteiger partial charge in [-0.25, -0.2) is 9.97 Å². The van der Waals surface area contributed by atoms with E-state index in [0.717, 1.165) is 21.8 Å². The number of Topliss-reactive ketones (excluding diaryl/α,β-unsaturated/α-hetero) is 1. The van der Waals surface area contributed by atoms with Crippen molar-refractivity contribution in [1.82, 2.24) is 9.97 Å². The molecule has 1 aromatic heterocycles. The molecular weight excluding hydrogens is 416 g/mol. The Morgan fingerprint density at radius 2 is 1.73 bits per heavy atom. The van der Waals surface area contributed by atoms with Crippen LogP contribution in [0, 0.1) is 6.92 Å². The summed E-state index contributed by atoms with van der Waals surface area (Å²) in [5.74, 6) is 1.28. The van der Waals surface area contributed by atoms with E-state index < -0.39 is 0 Å². The van der Waals surface area contributed by atoms with Gasteiger partial charge in [0.25, 0.3) is 0 Å². The smallest absolute Gasteiger partial charge is 0.176 e. The molecule has 0 atom stereocenters. The third-order valence-electron chi connectivity index (χ3n) is 3.82. The highest BCUT2D eigenvalue weighted by molar-refractivity contribution is 9.10. The second-order valence-corrected chi connectivity index (χ2v) is 7.32. The number of carbonyl (C=O) groups excluding carboxylic acids is 1. The summed E-state index contributed by atoms with van der Waals surface area (Å²) < 4.78 is 11.3. The third-order valence-corrected chi connectivity index (χ3v) is 5.50. The Morgan fingerprint density at radius 3 is 2.38 bits per heavy atom. The first-order chi connectivity index (χ1) is 12.5. The Labute approximate surface area is 164 Å². The molecule has 0 bridgehead atoms. The second kappa shape index (κ2) is 8.05. The van der Waals surface area contributed by atoms with Gasteiger partial charge in [0, 0.05) is 6.07 Å². The normalized spacial score (nSPS) is 10.8. The number of aryl methyl sites for hydroxylation is 1. The number of benzene rings is 2. The van der Waals surface area contributed by atoms with Crippen LogP contribution in [0.2, 0.25) is 0 Å². The van der Waals surface area contributed by atoms with E-state index in [0.29, 0.717) is 21.5 Å². The maximum Gasteiger partial charge on any atom is 0.176 e. The Kier molecular flexibility index (Phi) is 5.78. The highest BCUT2D eigenvalue weighted by Crippen LogP contribution is 2.34. The lowest BCUT2D eigenvalue weighted by atomic mass is 10.1. The average Bonchev–Trinajstić information content (AvgIpc) is 2.65. The van der Waals surface area contributed by atoms with Crippen LogP contribution in [0.1, 0.15) is 16.1 Å². The SMILES string of the molecule is COc1cc(OC)c(C(=O)CSc2nc3ccccc3nc2C)cc1Br. The first-order valence-corrected chi connectivity index (χ1v) is 9.62. The molecular formula is C19H17BrN2O3S. The van der Waals surface area contributed by atoms with Crippen molar-refractivity contribution in [2.45, 2.75) is 11.9 Å². The molecule has 0 saturated carbocycles. The van der Waals surface area contributed by atoms with Crippen LogP contribution in [-0.4, -0.2) is 35.7 Å². The van der Waals surface area contributed by atoms with Crippen LogP contribution in [0.3, 0.4) is 0 Å². The highest BCUT2D eigenvalue weighted by Gasteiger charge is 2.17. The molecule has 0 unspecified atom stereocenters. The number of carbonyl (C=O) groups is 1. The molecule has 0 radical (unpaired) electrons. The zero-order valence-electron chi connectivity index (χ0n) is 14.6. The number of methoxy groups -OCH3 is 2. The molecule has 0 fully saturated rings. The summed E-state index contributed by atoms with van der Waals surface area (Å²) in [7, 11) is 3.10. The number of fused-ring (bicyclic) bond motifs is 1. The zero-order chi connectivity index (χ0) is 18.7. The lowest BCUT2D eigenvalue weighted by Gasteiger charge is -2.12. The molecule has 1 heterocycles. The number of thioether (sulfide) groups is 1. The molecule has 0 spiro atoms. The van der Waals surface area contributed by atoms with Crippen LogP contribution >= 0.6 is 27.7 Å². The van der Waals surface area contributed by atoms with Crippen molar-refractivity contribution in [3.8, 4) is 11.5 Å². The van der Waals surface area contributed by atoms with Crippen molar-refractivity contribution in [3.63, 3.8) is 0 Å². The van der Waals surface area contributed by atoms with Crippen LogP contribution in [0.5, 0.6) is 11.5 Å². The molecule has 5 nitrogen and oxygen atoms in total. The number of ether oxygens (including phenoxy) is 2. The summed E-state index contributed by atoms with van der Waals surface area (Å²) in [6.07, 6.45) is 0. The Balaban J connectivity index is 1.83. The number of ketones is 1. The van der Waals surface area contributed by atoms with Crippen molar-refractivity contribution in [2.24, 2.45) is 0 Å². The summed E-state index contributed by atoms with van der Waals surface area (Å²) in [6.45, 7) is 1.90. The minimum Gasteiger partial charge on any atom is -0.496 e. The van der Waals surface area contributed by atoms with E-state index >= 15 is 0 Å². The molecule has 3 rings (SSSR count). The molecule has 26 heavy (non-hydrogen) atoms. The van der Waals surface area contributed by atoms with Gasteiger partial charge in [-0.05, 0) is 41.1 Å². The number of para-hydroxylation sites is 2. The second-order valence-electron chi connectivity index (χ2n) is 5.50. The molecule has 0 aliphatic rings. The van der Waals surface area contributed by atoms with Gasteiger partial charge in [-0.2, -0.15) is 0 Å². The van der Waals surface area contributed by atoms with Crippen molar-refractivity contribution in [1.29, 1.82) is 0 Å². The first kappa shape index (κ1) is 18.7. The predicted molar refractivity (Wildman–Crippen MR) is 107 cm³/mol. The number of hydrogen-bond acceptors (Lipinski definition) is 6. The van der Waals surface area contributed by atoms with Crippen molar-refractivity contribution < 1.29 is 14.3 Å². The molecule has 7 heteroatoms. The molecule has 134 valence electrons. The first-order valence-electron chi connectivity index (χ1n) is 7.84. The third kappa shape index (κ3) is 3.83. The predicted octanol–water partition coefficient (Wildman–Crippen LogP) is 4.69. The molecule has 0 N–H and O–H groups in total. The lowest BCUT2D eigenvalue weighted by Crippen LogP contribution is -2.06. The van der Waals surface area contributed by atoms with Crippen molar-refractivity contribution >= 4 is 44.5 Å². The Bertz CT molecular complexity index is 978. The summed E-state index contributed by atoms with van der Waals surface area (Å²) in [4.78, 5) is 21.9. The van der Waals surface area contributed by atoms with E-state index in [9.17, 15) is 4.79 Å². The summed E-state index contributed by atoms with van der Waals surface area (Å²) in [6, 6.07) is 11.1. The van der Waals surface area contributed by atoms with Gasteiger partial charge in [-0.3, -0.25) is 4.79 Å². The van der Waals surface area contributed by atoms with Crippen LogP contribution in [0.15, 0.2) is 45.9 Å². The average molecular weight is 433 g/mol. The fourth-order valence-corrected chi connectivity index (χ4v) is 3.84. The van der Waals surface area contributed by atoms with E-state index in [4.69, 9.17) is 9.47 Å². The summed E-state index contributed by atoms with van der Waals surface area (Å²) in [5.41, 5.74) is 2.97. The molecule has 2 aromatic carbocycles. The standard InChI is InChI=1S/C19H17BrN2O3S/c1-11-19(22-15-7-5-4-6-14(15)21-11)26-10-16(23)12-8-13(20)18(25-3)9-17(12)24-2/h4-9H,10H2,1-3H3. The molecule has 0 amide bonds. The Morgan fingerprint density at radius 1 is 1.08 bits per heavy atom. The number of halogens is 1. The summed E-state index contributed by atoms with van der Waals surface area (Å²) >= 11 is 4.79. The van der Waals surface area contributed by atoms with Crippen LogP contribution in [0.25, 0.3) is 11.0 Å². The number of aromatic nitrogens is 2. The zero-order valence-corrected chi connectivity index (χ0v) is 17.0. The molecule has 0 saturated heterocycles. The van der Waals surface area contributed by atoms with Gasteiger partial charge in [0.1, 0.15) is 16.5 Å². The van der Waals surface area contributed by atoms with Crippen LogP contribution in [-0.2, 0) is 0 Å². The van der Waals surface area contributed by atoms with Gasteiger partial charge >= 0.3 is 0 Å². The highest BCUT2D eigenvalue weighted by atomic mass is 79.9. The minimum atomic E-state index is -0.0513. The Hall–Kier alpha value is -2.12. The maximum absolute atomic E-state index is 12.7. The van der Waals surface area contributed by atoms with Crippen LogP contribution in [0.4, 0.5) is 0 Å². The minimum absolute atomic E-state index is 0.0513. The van der Waals surface area contributed by atoms with Gasteiger partial charge in [-0.1, -0.05) is 23.9 Å². The van der Waals surface area contributed by atoms with E-state index in [2.05, 4.69) is 25.9 Å². The maximum atomic E-state index is 12.7.